The van der Waals surface area contributed by atoms with Gasteiger partial charge in [-0.1, -0.05) is 51.1 Å². The molecule has 30 heavy (non-hydrogen) atoms. The number of amides is 1. The number of nitrogens with one attached hydrogen (secondary N) is 1. The van der Waals surface area contributed by atoms with Crippen molar-refractivity contribution in [2.24, 2.45) is 0 Å². The van der Waals surface area contributed by atoms with Crippen molar-refractivity contribution in [2.75, 3.05) is 0 Å². The highest BCUT2D eigenvalue weighted by Crippen LogP contribution is 2.46. The van der Waals surface area contributed by atoms with E-state index in [4.69, 9.17) is 18.6 Å². The van der Waals surface area contributed by atoms with Crippen LogP contribution in [0.5, 0.6) is 0 Å². The topological polar surface area (TPSA) is 83.1 Å². The molecule has 1 N–H and O–H groups in total. The Balaban J connectivity index is 1.95. The molecule has 0 spiro atoms. The van der Waals surface area contributed by atoms with Crippen LogP contribution in [0.25, 0.3) is 0 Å². The molecule has 1 saturated carbocycles. The predicted octanol–water partition coefficient (Wildman–Crippen LogP) is 3.31. The van der Waals surface area contributed by atoms with Crippen molar-refractivity contribution in [1.82, 2.24) is 5.32 Å². The number of carbonyl (C=O) groups is 2. The summed E-state index contributed by atoms with van der Waals surface area (Å²) in [5, 5.41) is 2.88. The summed E-state index contributed by atoms with van der Waals surface area (Å²) < 4.78 is 24.9. The molecule has 1 aromatic rings. The zero-order valence-corrected chi connectivity index (χ0v) is 19.8. The molecule has 7 nitrogen and oxygen atoms in total. The average Bonchev–Trinajstić information content (AvgIpc) is 3.15. The van der Waals surface area contributed by atoms with E-state index in [2.05, 4.69) is 39.2 Å². The number of ether oxygens (including phenoxy) is 3. The van der Waals surface area contributed by atoms with Crippen LogP contribution in [0.15, 0.2) is 30.3 Å². The standard InChI is InChI=1S/C22H33NO6Si/c1-13(24)23-16-17(26-14(2)25)19-20(18(16)29-30(6,7)22(3,4)5)28-21(27-19)15-11-9-8-10-12-15/h8-12,16-21H,1-7H3,(H,23,24)/t16-,17+,18+,19-,20+,21-/m1/s1. The van der Waals surface area contributed by atoms with E-state index in [0.29, 0.717) is 0 Å². The van der Waals surface area contributed by atoms with E-state index < -0.39 is 51.0 Å². The van der Waals surface area contributed by atoms with Crippen LogP contribution in [0, 0.1) is 0 Å². The normalized spacial score (nSPS) is 31.3. The van der Waals surface area contributed by atoms with Gasteiger partial charge in [-0.05, 0) is 18.1 Å². The lowest BCUT2D eigenvalue weighted by Gasteiger charge is -2.41. The fourth-order valence-corrected chi connectivity index (χ4v) is 5.07. The first-order valence-corrected chi connectivity index (χ1v) is 13.3. The first-order chi connectivity index (χ1) is 13.9. The summed E-state index contributed by atoms with van der Waals surface area (Å²) in [7, 11) is -2.22. The molecule has 2 aliphatic rings. The molecule has 1 aromatic carbocycles. The fraction of sp³-hybridized carbons (Fsp3) is 0.636. The van der Waals surface area contributed by atoms with Gasteiger partial charge in [0.15, 0.2) is 20.7 Å². The maximum absolute atomic E-state index is 12.0. The van der Waals surface area contributed by atoms with E-state index in [9.17, 15) is 9.59 Å². The van der Waals surface area contributed by atoms with Crippen LogP contribution in [0.2, 0.25) is 18.1 Å². The van der Waals surface area contributed by atoms with Gasteiger partial charge >= 0.3 is 5.97 Å². The second-order valence-corrected chi connectivity index (χ2v) is 14.3. The highest BCUT2D eigenvalue weighted by molar-refractivity contribution is 6.74. The third kappa shape index (κ3) is 4.61. The number of rotatable bonds is 5. The largest absolute Gasteiger partial charge is 0.457 e. The number of carbonyl (C=O) groups excluding carboxylic acids is 2. The molecular formula is C22H33NO6Si. The van der Waals surface area contributed by atoms with Gasteiger partial charge in [0.1, 0.15) is 12.2 Å². The third-order valence-electron chi connectivity index (χ3n) is 6.22. The second-order valence-electron chi connectivity index (χ2n) is 9.59. The van der Waals surface area contributed by atoms with Crippen LogP contribution in [0.3, 0.4) is 0 Å². The molecule has 0 aromatic heterocycles. The first-order valence-electron chi connectivity index (χ1n) is 10.4. The average molecular weight is 436 g/mol. The minimum Gasteiger partial charge on any atom is -0.457 e. The molecule has 3 rings (SSSR count). The van der Waals surface area contributed by atoms with Gasteiger partial charge in [-0.25, -0.2) is 0 Å². The van der Waals surface area contributed by atoms with Gasteiger partial charge in [0.25, 0.3) is 0 Å². The molecule has 6 atom stereocenters. The Labute approximate surface area is 179 Å². The van der Waals surface area contributed by atoms with E-state index in [1.54, 1.807) is 0 Å². The van der Waals surface area contributed by atoms with Gasteiger partial charge in [-0.15, -0.1) is 0 Å². The maximum atomic E-state index is 12.0. The summed E-state index contributed by atoms with van der Waals surface area (Å²) >= 11 is 0. The highest BCUT2D eigenvalue weighted by Gasteiger charge is 2.61. The smallest absolute Gasteiger partial charge is 0.303 e. The molecule has 0 radical (unpaired) electrons. The molecule has 1 heterocycles. The Morgan fingerprint density at radius 3 is 2.07 bits per heavy atom. The van der Waals surface area contributed by atoms with Gasteiger partial charge in [-0.3, -0.25) is 9.59 Å². The van der Waals surface area contributed by atoms with Gasteiger partial charge in [0.2, 0.25) is 5.91 Å². The zero-order chi connectivity index (χ0) is 22.3. The van der Waals surface area contributed by atoms with Gasteiger partial charge in [-0.2, -0.15) is 0 Å². The molecule has 1 saturated heterocycles. The Bertz CT molecular complexity index is 778. The summed E-state index contributed by atoms with van der Waals surface area (Å²) in [5.74, 6) is -0.658. The van der Waals surface area contributed by atoms with Gasteiger partial charge in [0.05, 0.1) is 12.1 Å². The van der Waals surface area contributed by atoms with Crippen LogP contribution in [-0.2, 0) is 28.2 Å². The van der Waals surface area contributed by atoms with E-state index in [-0.39, 0.29) is 10.9 Å². The number of fused-ring (bicyclic) bond motifs is 1. The number of esters is 1. The van der Waals surface area contributed by atoms with Crippen molar-refractivity contribution in [1.29, 1.82) is 0 Å². The molecule has 0 unspecified atom stereocenters. The van der Waals surface area contributed by atoms with E-state index in [0.717, 1.165) is 5.56 Å². The molecule has 0 bridgehead atoms. The van der Waals surface area contributed by atoms with E-state index in [1.165, 1.54) is 13.8 Å². The summed E-state index contributed by atoms with van der Waals surface area (Å²) in [6, 6.07) is 9.08. The first kappa shape index (κ1) is 22.9. The van der Waals surface area contributed by atoms with Crippen LogP contribution >= 0.6 is 0 Å². The van der Waals surface area contributed by atoms with Crippen molar-refractivity contribution in [2.45, 2.75) is 89.5 Å². The van der Waals surface area contributed by atoms with E-state index in [1.807, 2.05) is 30.3 Å². The summed E-state index contributed by atoms with van der Waals surface area (Å²) in [5.41, 5.74) is 0.885. The van der Waals surface area contributed by atoms with Gasteiger partial charge in [0, 0.05) is 19.4 Å². The number of benzene rings is 1. The van der Waals surface area contributed by atoms with Crippen LogP contribution in [-0.4, -0.2) is 50.7 Å². The Morgan fingerprint density at radius 2 is 1.57 bits per heavy atom. The Hall–Kier alpha value is -1.74. The van der Waals surface area contributed by atoms with Crippen LogP contribution in [0.4, 0.5) is 0 Å². The third-order valence-corrected chi connectivity index (χ3v) is 10.7. The summed E-state index contributed by atoms with van der Waals surface area (Å²) in [6.07, 6.45) is -2.77. The monoisotopic (exact) mass is 435 g/mol. The van der Waals surface area contributed by atoms with Crippen molar-refractivity contribution < 1.29 is 28.2 Å². The lowest BCUT2D eigenvalue weighted by Crippen LogP contribution is -2.55. The lowest BCUT2D eigenvalue weighted by molar-refractivity contribution is -0.160. The SMILES string of the molecule is CC(=O)N[C@H]1[C@H](O[Si](C)(C)C(C)(C)C)[C@@H]2O[C@H](c3ccccc3)O[C@@H]2[C@H]1OC(C)=O. The molecular weight excluding hydrogens is 402 g/mol. The van der Waals surface area contributed by atoms with Crippen LogP contribution < -0.4 is 5.32 Å². The second kappa shape index (κ2) is 8.41. The van der Waals surface area contributed by atoms with Gasteiger partial charge < -0.3 is 24.0 Å². The van der Waals surface area contributed by atoms with Crippen LogP contribution in [0.1, 0.15) is 46.5 Å². The summed E-state index contributed by atoms with van der Waals surface area (Å²) in [4.78, 5) is 23.8. The number of hydrogen-bond acceptors (Lipinski definition) is 6. The highest BCUT2D eigenvalue weighted by atomic mass is 28.4. The fourth-order valence-electron chi connectivity index (χ4n) is 3.75. The molecule has 8 heteroatoms. The summed E-state index contributed by atoms with van der Waals surface area (Å²) in [6.45, 7) is 13.6. The number of hydrogen-bond donors (Lipinski definition) is 1. The molecule has 1 aliphatic carbocycles. The Morgan fingerprint density at radius 1 is 1.00 bits per heavy atom. The van der Waals surface area contributed by atoms with Crippen molar-refractivity contribution in [3.63, 3.8) is 0 Å². The predicted molar refractivity (Wildman–Crippen MR) is 114 cm³/mol. The molecule has 2 fully saturated rings. The quantitative estimate of drug-likeness (QED) is 0.564. The lowest BCUT2D eigenvalue weighted by atomic mass is 10.1. The van der Waals surface area contributed by atoms with E-state index >= 15 is 0 Å². The minimum absolute atomic E-state index is 0.0406. The Kier molecular flexibility index (Phi) is 6.43. The van der Waals surface area contributed by atoms with Crippen molar-refractivity contribution in [3.8, 4) is 0 Å². The van der Waals surface area contributed by atoms with Crippen molar-refractivity contribution in [3.05, 3.63) is 35.9 Å². The maximum Gasteiger partial charge on any atom is 0.303 e. The van der Waals surface area contributed by atoms with Crippen molar-refractivity contribution >= 4 is 20.2 Å². The molecule has 1 amide bonds. The zero-order valence-electron chi connectivity index (χ0n) is 18.8. The molecule has 166 valence electrons. The molecule has 1 aliphatic heterocycles. The minimum atomic E-state index is -2.22.